The summed E-state index contributed by atoms with van der Waals surface area (Å²) in [6.45, 7) is 34.7. The topological polar surface area (TPSA) is 46.8 Å². The van der Waals surface area contributed by atoms with E-state index >= 15 is 0 Å². The van der Waals surface area contributed by atoms with E-state index in [0.717, 1.165) is 0 Å². The lowest BCUT2D eigenvalue weighted by Gasteiger charge is -2.57. The van der Waals surface area contributed by atoms with Crippen molar-refractivity contribution in [2.45, 2.75) is 118 Å². The van der Waals surface area contributed by atoms with Gasteiger partial charge in [-0.05, 0) is 92.4 Å². The average Bonchev–Trinajstić information content (AvgIpc) is 2.59. The van der Waals surface area contributed by atoms with E-state index in [0.29, 0.717) is 0 Å². The average molecular weight is 433 g/mol. The normalized spacial score (nSPS) is 19.3. The van der Waals surface area contributed by atoms with E-state index in [1.54, 1.807) is 0 Å². The van der Waals surface area contributed by atoms with E-state index in [4.69, 9.17) is 14.9 Å². The van der Waals surface area contributed by atoms with Crippen molar-refractivity contribution >= 4 is 24.0 Å². The Labute approximate surface area is 171 Å². The Bertz CT molecular complexity index is 585. The molecule has 0 saturated carbocycles. The molecule has 1 heterocycles. The van der Waals surface area contributed by atoms with Crippen LogP contribution < -0.4 is 0 Å². The lowest BCUT2D eigenvalue weighted by molar-refractivity contribution is 0.225. The van der Waals surface area contributed by atoms with Crippen LogP contribution in [0.4, 0.5) is 0 Å². The smallest absolute Gasteiger partial charge is 0.238 e. The van der Waals surface area contributed by atoms with E-state index in [9.17, 15) is 0 Å². The van der Waals surface area contributed by atoms with Crippen molar-refractivity contribution in [3.63, 3.8) is 0 Å². The van der Waals surface area contributed by atoms with Gasteiger partial charge < -0.3 is 0 Å². The first-order valence-corrected chi connectivity index (χ1v) is 18.5. The van der Waals surface area contributed by atoms with Gasteiger partial charge in [-0.15, -0.1) is 0 Å². The lowest BCUT2D eigenvalue weighted by Crippen LogP contribution is -2.60. The molecule has 0 aliphatic carbocycles. The molecular weight excluding hydrogens is 387 g/mol. The van der Waals surface area contributed by atoms with Gasteiger partial charge in [0, 0.05) is 5.54 Å². The van der Waals surface area contributed by atoms with Gasteiger partial charge in [0.1, 0.15) is 8.24 Å². The third-order valence-electron chi connectivity index (χ3n) is 3.89. The standard InChI is InChI=1S/C18H45N6PSi2/c1-16(2,3)22-19-20-23(17(4,5)6)25(22,21-26(10,11)12)24(18(7,8)9)27(13,14)15/h1-15H3. The fourth-order valence-corrected chi connectivity index (χ4v) is 17.4. The highest BCUT2D eigenvalue weighted by molar-refractivity contribution is 7.62. The van der Waals surface area contributed by atoms with Crippen molar-refractivity contribution < 1.29 is 0 Å². The lowest BCUT2D eigenvalue weighted by atomic mass is 10.1. The quantitative estimate of drug-likeness (QED) is 0.350. The summed E-state index contributed by atoms with van der Waals surface area (Å²) in [7, 11) is -5.97. The number of rotatable bonds is 3. The molecule has 1 aliphatic heterocycles. The maximum atomic E-state index is 5.74. The van der Waals surface area contributed by atoms with Crippen LogP contribution in [0.15, 0.2) is 14.9 Å². The molecule has 0 aromatic heterocycles. The fraction of sp³-hybridized carbons (Fsp3) is 1.00. The highest BCUT2D eigenvalue weighted by atomic mass is 31.2. The van der Waals surface area contributed by atoms with Crippen molar-refractivity contribution in [2.24, 2.45) is 14.9 Å². The summed E-state index contributed by atoms with van der Waals surface area (Å²) in [5, 5.41) is 9.57. The van der Waals surface area contributed by atoms with Crippen LogP contribution in [0.1, 0.15) is 62.3 Å². The van der Waals surface area contributed by atoms with Crippen LogP contribution in [0.3, 0.4) is 0 Å². The molecule has 27 heavy (non-hydrogen) atoms. The molecule has 1 aliphatic rings. The maximum absolute atomic E-state index is 5.74. The molecule has 0 N–H and O–H groups in total. The first-order chi connectivity index (χ1) is 11.5. The number of nitrogens with zero attached hydrogens (tertiary/aromatic N) is 6. The van der Waals surface area contributed by atoms with Crippen molar-refractivity contribution in [3.05, 3.63) is 0 Å². The second-order valence-electron chi connectivity index (χ2n) is 12.6. The Kier molecular flexibility index (Phi) is 6.41. The summed E-state index contributed by atoms with van der Waals surface area (Å²) in [4.78, 5) is 0. The molecule has 160 valence electrons. The van der Waals surface area contributed by atoms with Gasteiger partial charge >= 0.3 is 0 Å². The fourth-order valence-electron chi connectivity index (χ4n) is 3.85. The summed E-state index contributed by atoms with van der Waals surface area (Å²) < 4.78 is 13.0. The molecule has 0 spiro atoms. The zero-order valence-corrected chi connectivity index (χ0v) is 23.5. The molecule has 0 aromatic carbocycles. The van der Waals surface area contributed by atoms with Crippen LogP contribution in [0.5, 0.6) is 0 Å². The zero-order valence-electron chi connectivity index (χ0n) is 20.6. The molecule has 0 saturated heterocycles. The van der Waals surface area contributed by atoms with Gasteiger partial charge in [-0.2, -0.15) is 0 Å². The molecule has 0 fully saturated rings. The molecule has 9 heteroatoms. The first kappa shape index (κ1) is 24.9. The highest BCUT2D eigenvalue weighted by Crippen LogP contribution is 2.71. The van der Waals surface area contributed by atoms with Crippen molar-refractivity contribution in [3.8, 4) is 0 Å². The summed E-state index contributed by atoms with van der Waals surface area (Å²) in [5.41, 5.74) is -0.364. The van der Waals surface area contributed by atoms with E-state index in [1.807, 2.05) is 0 Å². The minimum atomic E-state index is -2.37. The van der Waals surface area contributed by atoms with Crippen molar-refractivity contribution in [1.82, 2.24) is 13.9 Å². The van der Waals surface area contributed by atoms with E-state index in [2.05, 4.69) is 115 Å². The van der Waals surface area contributed by atoms with Gasteiger partial charge in [-0.3, -0.25) is 8.75 Å². The van der Waals surface area contributed by atoms with Crippen LogP contribution in [0.2, 0.25) is 39.3 Å². The third kappa shape index (κ3) is 5.25. The molecule has 0 atom stereocenters. The van der Waals surface area contributed by atoms with Gasteiger partial charge in [0.15, 0.2) is 8.24 Å². The highest BCUT2D eigenvalue weighted by Gasteiger charge is 2.58. The number of hydrogen-bond acceptors (Lipinski definition) is 3. The molecule has 1 rings (SSSR count). The first-order valence-electron chi connectivity index (χ1n) is 10.0. The van der Waals surface area contributed by atoms with Crippen molar-refractivity contribution in [1.29, 1.82) is 0 Å². The predicted molar refractivity (Wildman–Crippen MR) is 126 cm³/mol. The van der Waals surface area contributed by atoms with Gasteiger partial charge in [0.2, 0.25) is 7.51 Å². The van der Waals surface area contributed by atoms with E-state index in [-0.39, 0.29) is 16.6 Å². The second-order valence-corrected chi connectivity index (χ2v) is 25.1. The molecule has 0 bridgehead atoms. The Hall–Kier alpha value is -0.176. The van der Waals surface area contributed by atoms with Crippen LogP contribution in [-0.2, 0) is 0 Å². The zero-order chi connectivity index (χ0) is 21.9. The molecule has 0 aromatic rings. The van der Waals surface area contributed by atoms with Gasteiger partial charge in [0.25, 0.3) is 0 Å². The maximum Gasteiger partial charge on any atom is 0.238 e. The SMILES string of the molecule is CC(C)(C)N1N=NN(C(C)(C)C)P1(=N[Si](C)(C)C)N(C(C)(C)C)[Si](C)(C)C. The van der Waals surface area contributed by atoms with Crippen molar-refractivity contribution in [2.75, 3.05) is 0 Å². The molecule has 6 nitrogen and oxygen atoms in total. The number of hydrogen-bond donors (Lipinski definition) is 0. The van der Waals surface area contributed by atoms with Crippen LogP contribution in [0, 0.1) is 0 Å². The van der Waals surface area contributed by atoms with Crippen LogP contribution in [-0.4, -0.2) is 47.0 Å². The summed E-state index contributed by atoms with van der Waals surface area (Å²) in [6, 6.07) is 0. The molecule has 0 amide bonds. The van der Waals surface area contributed by atoms with Gasteiger partial charge in [0.05, 0.1) is 11.1 Å². The largest absolute Gasteiger partial charge is 0.289 e. The van der Waals surface area contributed by atoms with Gasteiger partial charge in [-0.1, -0.05) is 19.6 Å². The Morgan fingerprint density at radius 2 is 1.04 bits per heavy atom. The summed E-state index contributed by atoms with van der Waals surface area (Å²) in [6.07, 6.45) is 0. The van der Waals surface area contributed by atoms with E-state index in [1.165, 1.54) is 0 Å². The predicted octanol–water partition coefficient (Wildman–Crippen LogP) is 7.20. The Morgan fingerprint density at radius 3 is 1.22 bits per heavy atom. The minimum Gasteiger partial charge on any atom is -0.289 e. The molecular formula is C18H45N6PSi2. The minimum absolute atomic E-state index is 0.0379. The third-order valence-corrected chi connectivity index (χ3v) is 15.4. The van der Waals surface area contributed by atoms with E-state index < -0.39 is 24.0 Å². The van der Waals surface area contributed by atoms with Crippen LogP contribution in [0.25, 0.3) is 0 Å². The Morgan fingerprint density at radius 1 is 0.704 bits per heavy atom. The summed E-state index contributed by atoms with van der Waals surface area (Å²) >= 11 is 0. The molecule has 0 radical (unpaired) electrons. The van der Waals surface area contributed by atoms with Gasteiger partial charge in [-0.25, -0.2) is 9.56 Å². The monoisotopic (exact) mass is 432 g/mol. The summed E-state index contributed by atoms with van der Waals surface area (Å²) in [5.74, 6) is 0. The second kappa shape index (κ2) is 6.96. The molecule has 0 unspecified atom stereocenters. The van der Waals surface area contributed by atoms with Crippen LogP contribution >= 0.6 is 7.51 Å². The Balaban J connectivity index is 4.13.